The van der Waals surface area contributed by atoms with Crippen LogP contribution in [-0.2, 0) is 18.9 Å². The van der Waals surface area contributed by atoms with Crippen LogP contribution < -0.4 is 0 Å². The molecule has 5 nitrogen and oxygen atoms in total. The molecule has 1 N–H and O–H groups in total. The fourth-order valence-electron chi connectivity index (χ4n) is 2.19. The maximum atomic E-state index is 9.70. The van der Waals surface area contributed by atoms with E-state index in [9.17, 15) is 5.11 Å². The molecule has 0 radical (unpaired) electrons. The Balaban J connectivity index is 3.10. The van der Waals surface area contributed by atoms with E-state index in [1.165, 1.54) is 38.5 Å². The van der Waals surface area contributed by atoms with Crippen molar-refractivity contribution in [3.8, 4) is 0 Å². The third kappa shape index (κ3) is 19.8. The highest BCUT2D eigenvalue weighted by Crippen LogP contribution is 2.00. The van der Waals surface area contributed by atoms with Crippen LogP contribution in [0.2, 0.25) is 0 Å². The van der Waals surface area contributed by atoms with Gasteiger partial charge >= 0.3 is 0 Å². The van der Waals surface area contributed by atoms with Gasteiger partial charge in [-0.3, -0.25) is 0 Å². The molecule has 0 aliphatic rings. The fraction of sp³-hybridized carbons (Fsp3) is 1.00. The molecule has 0 aromatic rings. The van der Waals surface area contributed by atoms with Gasteiger partial charge in [-0.05, 0) is 12.8 Å². The second-order valence-corrected chi connectivity index (χ2v) is 6.15. The largest absolute Gasteiger partial charge is 0.388 e. The van der Waals surface area contributed by atoms with E-state index in [1.54, 1.807) is 0 Å². The van der Waals surface area contributed by atoms with E-state index in [4.69, 9.17) is 18.9 Å². The molecule has 0 aliphatic carbocycles. The maximum Gasteiger partial charge on any atom is 0.101 e. The molecule has 0 unspecified atom stereocenters. The van der Waals surface area contributed by atoms with Crippen LogP contribution >= 0.6 is 0 Å². The Labute approximate surface area is 149 Å². The Morgan fingerprint density at radius 1 is 0.542 bits per heavy atom. The molecule has 0 saturated carbocycles. The lowest BCUT2D eigenvalue weighted by Gasteiger charge is -2.12. The van der Waals surface area contributed by atoms with Crippen molar-refractivity contribution in [1.29, 1.82) is 0 Å². The number of aliphatic hydroxyl groups is 1. The predicted octanol–water partition coefficient (Wildman–Crippen LogP) is 3.57. The van der Waals surface area contributed by atoms with Crippen molar-refractivity contribution in [3.05, 3.63) is 0 Å². The van der Waals surface area contributed by atoms with Crippen LogP contribution in [0.4, 0.5) is 0 Å². The molecule has 0 bridgehead atoms. The zero-order valence-corrected chi connectivity index (χ0v) is 16.0. The van der Waals surface area contributed by atoms with Gasteiger partial charge in [0.15, 0.2) is 0 Å². The highest BCUT2D eigenvalue weighted by Gasteiger charge is 2.04. The van der Waals surface area contributed by atoms with E-state index in [0.29, 0.717) is 39.6 Å². The number of aliphatic hydroxyl groups excluding tert-OH is 1. The van der Waals surface area contributed by atoms with Gasteiger partial charge in [0.05, 0.1) is 39.6 Å². The molecule has 0 aromatic heterocycles. The van der Waals surface area contributed by atoms with Crippen molar-refractivity contribution in [1.82, 2.24) is 0 Å². The van der Waals surface area contributed by atoms with Gasteiger partial charge in [-0.25, -0.2) is 0 Å². The number of unbranched alkanes of at least 4 members (excludes halogenated alkanes) is 6. The van der Waals surface area contributed by atoms with E-state index in [-0.39, 0.29) is 0 Å². The summed E-state index contributed by atoms with van der Waals surface area (Å²) in [6.45, 7) is 8.84. The SMILES string of the molecule is CCCCCCOCCOCCOC[C@@H](O)COCCCCCC. The molecule has 146 valence electrons. The van der Waals surface area contributed by atoms with Gasteiger partial charge in [0.2, 0.25) is 0 Å². The van der Waals surface area contributed by atoms with Gasteiger partial charge < -0.3 is 24.1 Å². The molecule has 24 heavy (non-hydrogen) atoms. The lowest BCUT2D eigenvalue weighted by Crippen LogP contribution is -2.23. The molecule has 0 fully saturated rings. The fourth-order valence-corrected chi connectivity index (χ4v) is 2.19. The van der Waals surface area contributed by atoms with Crippen molar-refractivity contribution < 1.29 is 24.1 Å². The number of rotatable bonds is 20. The van der Waals surface area contributed by atoms with Crippen LogP contribution in [0.5, 0.6) is 0 Å². The summed E-state index contributed by atoms with van der Waals surface area (Å²) < 4.78 is 21.7. The minimum atomic E-state index is -0.553. The molecule has 0 spiro atoms. The van der Waals surface area contributed by atoms with Gasteiger partial charge in [0, 0.05) is 13.2 Å². The van der Waals surface area contributed by atoms with Crippen LogP contribution in [0, 0.1) is 0 Å². The lowest BCUT2D eigenvalue weighted by atomic mass is 10.2. The quantitative estimate of drug-likeness (QED) is 0.341. The summed E-state index contributed by atoms with van der Waals surface area (Å²) in [6, 6.07) is 0. The van der Waals surface area contributed by atoms with Gasteiger partial charge in [-0.1, -0.05) is 52.4 Å². The third-order valence-corrected chi connectivity index (χ3v) is 3.65. The van der Waals surface area contributed by atoms with Crippen LogP contribution in [0.1, 0.15) is 65.2 Å². The number of hydrogen-bond acceptors (Lipinski definition) is 5. The van der Waals surface area contributed by atoms with Crippen LogP contribution in [0.25, 0.3) is 0 Å². The van der Waals surface area contributed by atoms with Crippen molar-refractivity contribution in [2.45, 2.75) is 71.3 Å². The van der Waals surface area contributed by atoms with Crippen LogP contribution in [-0.4, -0.2) is 64.1 Å². The zero-order chi connectivity index (χ0) is 17.7. The van der Waals surface area contributed by atoms with E-state index < -0.39 is 6.10 Å². The van der Waals surface area contributed by atoms with Crippen LogP contribution in [0.3, 0.4) is 0 Å². The molecule has 1 atom stereocenters. The molecule has 0 saturated heterocycles. The first-order chi connectivity index (χ1) is 11.8. The first kappa shape index (κ1) is 23.8. The van der Waals surface area contributed by atoms with E-state index in [2.05, 4.69) is 13.8 Å². The molecule has 0 aromatic carbocycles. The van der Waals surface area contributed by atoms with Crippen molar-refractivity contribution in [2.24, 2.45) is 0 Å². The van der Waals surface area contributed by atoms with Gasteiger partial charge in [0.25, 0.3) is 0 Å². The summed E-state index contributed by atoms with van der Waals surface area (Å²) in [7, 11) is 0. The molecule has 0 rings (SSSR count). The minimum absolute atomic E-state index is 0.298. The maximum absolute atomic E-state index is 9.70. The summed E-state index contributed by atoms with van der Waals surface area (Å²) in [4.78, 5) is 0. The second kappa shape index (κ2) is 20.8. The summed E-state index contributed by atoms with van der Waals surface area (Å²) in [6.07, 6.45) is 9.10. The monoisotopic (exact) mass is 348 g/mol. The van der Waals surface area contributed by atoms with E-state index in [0.717, 1.165) is 26.1 Å². The Morgan fingerprint density at radius 2 is 0.958 bits per heavy atom. The molecule has 0 amide bonds. The topological polar surface area (TPSA) is 57.2 Å². The molecule has 0 aliphatic heterocycles. The Kier molecular flexibility index (Phi) is 20.7. The minimum Gasteiger partial charge on any atom is -0.388 e. The summed E-state index contributed by atoms with van der Waals surface area (Å²) >= 11 is 0. The predicted molar refractivity (Wildman–Crippen MR) is 97.6 cm³/mol. The zero-order valence-electron chi connectivity index (χ0n) is 16.0. The summed E-state index contributed by atoms with van der Waals surface area (Å²) in [5.74, 6) is 0. The Bertz CT molecular complexity index is 226. The van der Waals surface area contributed by atoms with Crippen molar-refractivity contribution in [3.63, 3.8) is 0 Å². The van der Waals surface area contributed by atoms with E-state index in [1.807, 2.05) is 0 Å². The highest BCUT2D eigenvalue weighted by atomic mass is 16.5. The second-order valence-electron chi connectivity index (χ2n) is 6.15. The van der Waals surface area contributed by atoms with Crippen molar-refractivity contribution in [2.75, 3.05) is 52.9 Å². The molecular formula is C19H40O5. The number of ether oxygens (including phenoxy) is 4. The molecular weight excluding hydrogens is 308 g/mol. The first-order valence-electron chi connectivity index (χ1n) is 9.80. The molecule has 0 heterocycles. The first-order valence-corrected chi connectivity index (χ1v) is 9.80. The average molecular weight is 349 g/mol. The standard InChI is InChI=1S/C19H40O5/c1-3-5-7-9-11-21-13-14-22-15-16-24-18-19(20)17-23-12-10-8-6-4-2/h19-20H,3-18H2,1-2H3/t19-/m0/s1. The van der Waals surface area contributed by atoms with Gasteiger partial charge in [-0.15, -0.1) is 0 Å². The highest BCUT2D eigenvalue weighted by molar-refractivity contribution is 4.51. The number of hydrogen-bond donors (Lipinski definition) is 1. The molecule has 5 heteroatoms. The summed E-state index contributed by atoms with van der Waals surface area (Å²) in [5, 5.41) is 9.70. The summed E-state index contributed by atoms with van der Waals surface area (Å²) in [5.41, 5.74) is 0. The Hall–Kier alpha value is -0.200. The van der Waals surface area contributed by atoms with Crippen LogP contribution in [0.15, 0.2) is 0 Å². The Morgan fingerprint density at radius 3 is 1.50 bits per heavy atom. The lowest BCUT2D eigenvalue weighted by molar-refractivity contribution is -0.0369. The normalized spacial score (nSPS) is 12.6. The van der Waals surface area contributed by atoms with Gasteiger partial charge in [-0.2, -0.15) is 0 Å². The van der Waals surface area contributed by atoms with Gasteiger partial charge in [0.1, 0.15) is 6.10 Å². The van der Waals surface area contributed by atoms with E-state index >= 15 is 0 Å². The van der Waals surface area contributed by atoms with Crippen molar-refractivity contribution >= 4 is 0 Å². The third-order valence-electron chi connectivity index (χ3n) is 3.65. The smallest absolute Gasteiger partial charge is 0.101 e. The average Bonchev–Trinajstić information content (AvgIpc) is 2.59.